The average molecular weight is 467 g/mol. The number of nitrogens with one attached hydrogen (secondary N) is 1. The molecule has 166 valence electrons. The Labute approximate surface area is 190 Å². The molecule has 0 atom stereocenters. The number of anilines is 4. The van der Waals surface area contributed by atoms with Gasteiger partial charge in [-0.2, -0.15) is 15.2 Å². The van der Waals surface area contributed by atoms with Gasteiger partial charge in [0.25, 0.3) is 5.56 Å². The van der Waals surface area contributed by atoms with Crippen LogP contribution in [-0.2, 0) is 6.42 Å². The molecule has 0 fully saturated rings. The number of benzene rings is 1. The van der Waals surface area contributed by atoms with Gasteiger partial charge >= 0.3 is 0 Å². The Morgan fingerprint density at radius 1 is 1.18 bits per heavy atom. The molecule has 0 saturated carbocycles. The molecule has 0 bridgehead atoms. The van der Waals surface area contributed by atoms with E-state index >= 15 is 0 Å². The number of nitrogen functional groups attached to an aromatic ring is 3. The third-order valence-electron chi connectivity index (χ3n) is 4.70. The molecule has 1 aromatic carbocycles. The third kappa shape index (κ3) is 4.17. The second-order valence-corrected chi connectivity index (χ2v) is 7.28. The van der Waals surface area contributed by atoms with Crippen LogP contribution in [0.4, 0.5) is 27.8 Å². The molecule has 13 heteroatoms. The first-order valence-electron chi connectivity index (χ1n) is 9.48. The number of hydrogen-bond donors (Lipinski definition) is 4. The van der Waals surface area contributed by atoms with E-state index in [9.17, 15) is 14.4 Å². The van der Waals surface area contributed by atoms with Crippen LogP contribution in [0.25, 0.3) is 16.6 Å². The lowest BCUT2D eigenvalue weighted by atomic mass is 10.2. The second kappa shape index (κ2) is 8.56. The predicted molar refractivity (Wildman–Crippen MR) is 122 cm³/mol. The SMILES string of the molecule is N#Cc1c(N)nc(N)nc1NCCc1nc2c(Cl)cc(F)cc2c(=O)n1-c1ccc(N)nc1. The van der Waals surface area contributed by atoms with Gasteiger partial charge in [-0.1, -0.05) is 11.6 Å². The fourth-order valence-corrected chi connectivity index (χ4v) is 3.50. The normalized spacial score (nSPS) is 10.8. The molecule has 4 aromatic rings. The summed E-state index contributed by atoms with van der Waals surface area (Å²) in [5.41, 5.74) is 17.0. The lowest BCUT2D eigenvalue weighted by Gasteiger charge is -2.15. The summed E-state index contributed by atoms with van der Waals surface area (Å²) in [5, 5.41) is 12.3. The summed E-state index contributed by atoms with van der Waals surface area (Å²) < 4.78 is 15.2. The van der Waals surface area contributed by atoms with E-state index in [1.165, 1.54) is 16.8 Å². The highest BCUT2D eigenvalue weighted by Gasteiger charge is 2.17. The fraction of sp³-hybridized carbons (Fsp3) is 0.100. The molecule has 0 aliphatic carbocycles. The molecule has 33 heavy (non-hydrogen) atoms. The zero-order valence-corrected chi connectivity index (χ0v) is 17.6. The van der Waals surface area contributed by atoms with E-state index < -0.39 is 11.4 Å². The largest absolute Gasteiger partial charge is 0.384 e. The van der Waals surface area contributed by atoms with Gasteiger partial charge in [-0.3, -0.25) is 9.36 Å². The molecule has 7 N–H and O–H groups in total. The Morgan fingerprint density at radius 2 is 1.97 bits per heavy atom. The summed E-state index contributed by atoms with van der Waals surface area (Å²) in [6.45, 7) is 0.184. The monoisotopic (exact) mass is 466 g/mol. The minimum absolute atomic E-state index is 0.00186. The molecule has 0 aliphatic heterocycles. The summed E-state index contributed by atoms with van der Waals surface area (Å²) in [4.78, 5) is 29.6. The molecule has 0 spiro atoms. The minimum Gasteiger partial charge on any atom is -0.384 e. The molecule has 0 unspecified atom stereocenters. The summed E-state index contributed by atoms with van der Waals surface area (Å²) in [7, 11) is 0. The lowest BCUT2D eigenvalue weighted by Crippen LogP contribution is -2.26. The highest BCUT2D eigenvalue weighted by atomic mass is 35.5. The van der Waals surface area contributed by atoms with Gasteiger partial charge in [0, 0.05) is 13.0 Å². The van der Waals surface area contributed by atoms with E-state index in [1.807, 2.05) is 6.07 Å². The maximum Gasteiger partial charge on any atom is 0.266 e. The Kier molecular flexibility index (Phi) is 5.63. The number of nitrogens with zero attached hydrogens (tertiary/aromatic N) is 6. The summed E-state index contributed by atoms with van der Waals surface area (Å²) in [6.07, 6.45) is 1.58. The van der Waals surface area contributed by atoms with E-state index in [-0.39, 0.29) is 57.9 Å². The highest BCUT2D eigenvalue weighted by molar-refractivity contribution is 6.35. The smallest absolute Gasteiger partial charge is 0.266 e. The molecule has 0 aliphatic rings. The first-order chi connectivity index (χ1) is 15.8. The van der Waals surface area contributed by atoms with E-state index in [0.717, 1.165) is 12.1 Å². The molecule has 3 aromatic heterocycles. The fourth-order valence-electron chi connectivity index (χ4n) is 3.25. The molecule has 0 amide bonds. The van der Waals surface area contributed by atoms with Gasteiger partial charge in [-0.05, 0) is 24.3 Å². The van der Waals surface area contributed by atoms with Gasteiger partial charge in [-0.15, -0.1) is 0 Å². The van der Waals surface area contributed by atoms with E-state index in [2.05, 4.69) is 25.3 Å². The standard InChI is InChI=1S/C20H16ClFN10O/c21-13-6-9(22)5-11-16(13)29-15(32(19(11)33)10-1-2-14(24)28-8-10)3-4-27-18-12(7-23)17(25)30-20(26)31-18/h1-2,5-6,8H,3-4H2,(H2,24,28)(H5,25,26,27,30,31). The maximum atomic E-state index is 13.9. The van der Waals surface area contributed by atoms with Gasteiger partial charge < -0.3 is 22.5 Å². The van der Waals surface area contributed by atoms with Crippen molar-refractivity contribution >= 4 is 45.9 Å². The van der Waals surface area contributed by atoms with Crippen molar-refractivity contribution in [1.82, 2.24) is 24.5 Å². The van der Waals surface area contributed by atoms with Gasteiger partial charge in [0.15, 0.2) is 5.82 Å². The number of rotatable bonds is 5. The number of fused-ring (bicyclic) bond motifs is 1. The van der Waals surface area contributed by atoms with E-state index in [0.29, 0.717) is 11.5 Å². The van der Waals surface area contributed by atoms with Crippen LogP contribution in [0.5, 0.6) is 0 Å². The number of pyridine rings is 1. The number of nitriles is 1. The zero-order valence-electron chi connectivity index (χ0n) is 16.9. The topological polar surface area (TPSA) is 187 Å². The molecular formula is C20H16ClFN10O. The van der Waals surface area contributed by atoms with Crippen molar-refractivity contribution in [3.8, 4) is 11.8 Å². The first kappa shape index (κ1) is 21.7. The van der Waals surface area contributed by atoms with Crippen molar-refractivity contribution in [3.63, 3.8) is 0 Å². The second-order valence-electron chi connectivity index (χ2n) is 6.87. The van der Waals surface area contributed by atoms with Gasteiger partial charge in [-0.25, -0.2) is 14.4 Å². The van der Waals surface area contributed by atoms with Gasteiger partial charge in [0.1, 0.15) is 34.9 Å². The maximum absolute atomic E-state index is 13.9. The predicted octanol–water partition coefficient (Wildman–Crippen LogP) is 1.64. The van der Waals surface area contributed by atoms with Gasteiger partial charge in [0.05, 0.1) is 27.8 Å². The molecule has 0 radical (unpaired) electrons. The number of nitrogens with two attached hydrogens (primary N) is 3. The van der Waals surface area contributed by atoms with Crippen LogP contribution in [-0.4, -0.2) is 31.0 Å². The Bertz CT molecular complexity index is 1480. The summed E-state index contributed by atoms with van der Waals surface area (Å²) in [6, 6.07) is 7.19. The van der Waals surface area contributed by atoms with Crippen molar-refractivity contribution in [1.29, 1.82) is 5.26 Å². The number of halogens is 2. The van der Waals surface area contributed by atoms with Crippen molar-refractivity contribution in [3.05, 3.63) is 63.0 Å². The number of aromatic nitrogens is 5. The van der Waals surface area contributed by atoms with E-state index in [4.69, 9.17) is 28.8 Å². The molecular weight excluding hydrogens is 451 g/mol. The van der Waals surface area contributed by atoms with Crippen molar-refractivity contribution in [2.24, 2.45) is 0 Å². The van der Waals surface area contributed by atoms with Crippen LogP contribution in [0, 0.1) is 17.1 Å². The van der Waals surface area contributed by atoms with Crippen LogP contribution in [0.15, 0.2) is 35.3 Å². The molecule has 0 saturated heterocycles. The molecule has 4 rings (SSSR count). The van der Waals surface area contributed by atoms with Crippen molar-refractivity contribution in [2.75, 3.05) is 29.1 Å². The minimum atomic E-state index is -0.661. The third-order valence-corrected chi connectivity index (χ3v) is 4.98. The van der Waals surface area contributed by atoms with Crippen LogP contribution in [0.1, 0.15) is 11.4 Å². The van der Waals surface area contributed by atoms with Crippen LogP contribution < -0.4 is 28.1 Å². The average Bonchev–Trinajstić information content (AvgIpc) is 2.75. The Hall–Kier alpha value is -4.50. The zero-order chi connectivity index (χ0) is 23.7. The quantitative estimate of drug-likeness (QED) is 0.336. The van der Waals surface area contributed by atoms with Crippen molar-refractivity contribution < 1.29 is 4.39 Å². The van der Waals surface area contributed by atoms with Crippen LogP contribution in [0.2, 0.25) is 5.02 Å². The summed E-state index contributed by atoms with van der Waals surface area (Å²) >= 11 is 6.15. The number of hydrogen-bond acceptors (Lipinski definition) is 10. The van der Waals surface area contributed by atoms with Crippen LogP contribution in [0.3, 0.4) is 0 Å². The Balaban J connectivity index is 1.78. The lowest BCUT2D eigenvalue weighted by molar-refractivity contribution is 0.629. The molecule has 11 nitrogen and oxygen atoms in total. The van der Waals surface area contributed by atoms with Gasteiger partial charge in [0.2, 0.25) is 5.95 Å². The summed E-state index contributed by atoms with van der Waals surface area (Å²) in [5.74, 6) is -0.113. The van der Waals surface area contributed by atoms with Crippen LogP contribution >= 0.6 is 11.6 Å². The van der Waals surface area contributed by atoms with E-state index in [1.54, 1.807) is 6.07 Å². The Morgan fingerprint density at radius 3 is 2.67 bits per heavy atom. The highest BCUT2D eigenvalue weighted by Crippen LogP contribution is 2.23. The first-order valence-corrected chi connectivity index (χ1v) is 9.86. The molecule has 3 heterocycles. The van der Waals surface area contributed by atoms with Crippen molar-refractivity contribution in [2.45, 2.75) is 6.42 Å².